The summed E-state index contributed by atoms with van der Waals surface area (Å²) in [6, 6.07) is 6.40. The number of hydrogen-bond acceptors (Lipinski definition) is 4. The molecule has 0 spiro atoms. The van der Waals surface area contributed by atoms with Gasteiger partial charge < -0.3 is 19.5 Å². The summed E-state index contributed by atoms with van der Waals surface area (Å²) in [4.78, 5) is 0. The maximum Gasteiger partial charge on any atom is 0.161 e. The van der Waals surface area contributed by atoms with Gasteiger partial charge in [-0.2, -0.15) is 0 Å². The van der Waals surface area contributed by atoms with Crippen molar-refractivity contribution in [1.29, 1.82) is 0 Å². The largest absolute Gasteiger partial charge is 0.493 e. The number of nitrogens with one attached hydrogen (secondary N) is 1. The molecule has 4 heteroatoms. The summed E-state index contributed by atoms with van der Waals surface area (Å²) in [7, 11) is 1.71. The molecule has 0 radical (unpaired) electrons. The Balaban J connectivity index is 1.67. The van der Waals surface area contributed by atoms with E-state index in [9.17, 15) is 0 Å². The van der Waals surface area contributed by atoms with Crippen LogP contribution in [-0.2, 0) is 11.2 Å². The summed E-state index contributed by atoms with van der Waals surface area (Å²) < 4.78 is 17.1. The molecule has 1 aromatic carbocycles. The summed E-state index contributed by atoms with van der Waals surface area (Å²) >= 11 is 0. The molecule has 0 saturated carbocycles. The van der Waals surface area contributed by atoms with Gasteiger partial charge in [0, 0.05) is 12.8 Å². The first kappa shape index (κ1) is 15.6. The first-order valence-corrected chi connectivity index (χ1v) is 8.47. The van der Waals surface area contributed by atoms with E-state index in [1.807, 2.05) is 6.07 Å². The van der Waals surface area contributed by atoms with Gasteiger partial charge in [0.2, 0.25) is 0 Å². The van der Waals surface area contributed by atoms with Crippen molar-refractivity contribution in [1.82, 2.24) is 5.32 Å². The first-order chi connectivity index (χ1) is 10.8. The fourth-order valence-electron chi connectivity index (χ4n) is 3.33. The number of ether oxygens (including phenoxy) is 3. The highest BCUT2D eigenvalue weighted by Crippen LogP contribution is 2.32. The Bertz CT molecular complexity index is 465. The molecule has 2 heterocycles. The van der Waals surface area contributed by atoms with Crippen molar-refractivity contribution in [2.24, 2.45) is 5.92 Å². The molecule has 0 bridgehead atoms. The zero-order valence-corrected chi connectivity index (χ0v) is 13.5. The monoisotopic (exact) mass is 305 g/mol. The molecule has 2 saturated heterocycles. The standard InChI is InChI=1S/C18H27NO3/c1-20-17-3-2-15(12-14-4-8-19-9-5-14)13-18(17)22-16-6-10-21-11-7-16/h2-3,13-14,16,19H,4-12H2,1H3. The Kier molecular flexibility index (Phi) is 5.57. The van der Waals surface area contributed by atoms with E-state index in [4.69, 9.17) is 14.2 Å². The minimum Gasteiger partial charge on any atom is -0.493 e. The van der Waals surface area contributed by atoms with Crippen LogP contribution < -0.4 is 14.8 Å². The van der Waals surface area contributed by atoms with Gasteiger partial charge in [0.25, 0.3) is 0 Å². The Morgan fingerprint density at radius 1 is 1.09 bits per heavy atom. The van der Waals surface area contributed by atoms with E-state index < -0.39 is 0 Å². The van der Waals surface area contributed by atoms with Gasteiger partial charge >= 0.3 is 0 Å². The minimum absolute atomic E-state index is 0.247. The highest BCUT2D eigenvalue weighted by atomic mass is 16.5. The number of piperidine rings is 1. The third-order valence-electron chi connectivity index (χ3n) is 4.67. The Morgan fingerprint density at radius 2 is 1.86 bits per heavy atom. The van der Waals surface area contributed by atoms with Gasteiger partial charge in [-0.15, -0.1) is 0 Å². The smallest absolute Gasteiger partial charge is 0.161 e. The van der Waals surface area contributed by atoms with Crippen LogP contribution in [0.3, 0.4) is 0 Å². The fourth-order valence-corrected chi connectivity index (χ4v) is 3.33. The topological polar surface area (TPSA) is 39.7 Å². The van der Waals surface area contributed by atoms with Crippen molar-refractivity contribution in [3.05, 3.63) is 23.8 Å². The van der Waals surface area contributed by atoms with E-state index in [1.54, 1.807) is 7.11 Å². The summed E-state index contributed by atoms with van der Waals surface area (Å²) in [6.07, 6.45) is 5.83. The zero-order chi connectivity index (χ0) is 15.2. The van der Waals surface area contributed by atoms with Crippen LogP contribution in [0.5, 0.6) is 11.5 Å². The lowest BCUT2D eigenvalue weighted by molar-refractivity contribution is 0.0245. The van der Waals surface area contributed by atoms with Crippen LogP contribution in [0.15, 0.2) is 18.2 Å². The van der Waals surface area contributed by atoms with E-state index in [0.717, 1.165) is 63.0 Å². The molecule has 3 rings (SSSR count). The van der Waals surface area contributed by atoms with Crippen molar-refractivity contribution in [3.8, 4) is 11.5 Å². The summed E-state index contributed by atoms with van der Waals surface area (Å²) in [5.74, 6) is 2.51. The van der Waals surface area contributed by atoms with E-state index in [2.05, 4.69) is 17.4 Å². The summed E-state index contributed by atoms with van der Waals surface area (Å²) in [5, 5.41) is 3.43. The van der Waals surface area contributed by atoms with Crippen molar-refractivity contribution in [2.45, 2.75) is 38.2 Å². The normalized spacial score (nSPS) is 20.8. The van der Waals surface area contributed by atoms with Crippen LogP contribution in [-0.4, -0.2) is 39.5 Å². The Morgan fingerprint density at radius 3 is 2.59 bits per heavy atom. The number of benzene rings is 1. The van der Waals surface area contributed by atoms with Crippen LogP contribution in [0, 0.1) is 5.92 Å². The van der Waals surface area contributed by atoms with Crippen molar-refractivity contribution < 1.29 is 14.2 Å². The second-order valence-corrected chi connectivity index (χ2v) is 6.31. The Hall–Kier alpha value is -1.26. The van der Waals surface area contributed by atoms with Crippen molar-refractivity contribution >= 4 is 0 Å². The Labute approximate surface area is 133 Å². The van der Waals surface area contributed by atoms with Crippen molar-refractivity contribution in [3.63, 3.8) is 0 Å². The van der Waals surface area contributed by atoms with Gasteiger partial charge in [-0.3, -0.25) is 0 Å². The molecule has 4 nitrogen and oxygen atoms in total. The van der Waals surface area contributed by atoms with E-state index in [-0.39, 0.29) is 6.10 Å². The zero-order valence-electron chi connectivity index (χ0n) is 13.5. The quantitative estimate of drug-likeness (QED) is 0.908. The molecule has 0 aromatic heterocycles. The molecule has 1 aromatic rings. The first-order valence-electron chi connectivity index (χ1n) is 8.47. The molecule has 2 aliphatic heterocycles. The molecule has 2 fully saturated rings. The average Bonchev–Trinajstić information content (AvgIpc) is 2.57. The number of rotatable bonds is 5. The van der Waals surface area contributed by atoms with Gasteiger partial charge in [-0.1, -0.05) is 6.07 Å². The molecule has 2 aliphatic rings. The van der Waals surface area contributed by atoms with Crippen molar-refractivity contribution in [2.75, 3.05) is 33.4 Å². The number of methoxy groups -OCH3 is 1. The van der Waals surface area contributed by atoms with Crippen LogP contribution in [0.25, 0.3) is 0 Å². The lowest BCUT2D eigenvalue weighted by Crippen LogP contribution is -2.28. The van der Waals surface area contributed by atoms with Gasteiger partial charge in [0.15, 0.2) is 11.5 Å². The van der Waals surface area contributed by atoms with E-state index in [0.29, 0.717) is 0 Å². The predicted molar refractivity (Wildman–Crippen MR) is 86.8 cm³/mol. The highest BCUT2D eigenvalue weighted by Gasteiger charge is 2.19. The van der Waals surface area contributed by atoms with E-state index >= 15 is 0 Å². The summed E-state index contributed by atoms with van der Waals surface area (Å²) in [6.45, 7) is 3.88. The number of hydrogen-bond donors (Lipinski definition) is 1. The third-order valence-corrected chi connectivity index (χ3v) is 4.67. The van der Waals surface area contributed by atoms with Crippen LogP contribution in [0.2, 0.25) is 0 Å². The third kappa shape index (κ3) is 4.14. The van der Waals surface area contributed by atoms with Gasteiger partial charge in [0.1, 0.15) is 6.10 Å². The predicted octanol–water partition coefficient (Wildman–Crippen LogP) is 2.80. The molecule has 0 atom stereocenters. The average molecular weight is 305 g/mol. The lowest BCUT2D eigenvalue weighted by atomic mass is 9.91. The molecule has 1 N–H and O–H groups in total. The second kappa shape index (κ2) is 7.84. The maximum absolute atomic E-state index is 6.19. The summed E-state index contributed by atoms with van der Waals surface area (Å²) in [5.41, 5.74) is 1.36. The fraction of sp³-hybridized carbons (Fsp3) is 0.667. The minimum atomic E-state index is 0.247. The highest BCUT2D eigenvalue weighted by molar-refractivity contribution is 5.43. The SMILES string of the molecule is COc1ccc(CC2CCNCC2)cc1OC1CCOCC1. The van der Waals surface area contributed by atoms with Crippen LogP contribution in [0.1, 0.15) is 31.2 Å². The second-order valence-electron chi connectivity index (χ2n) is 6.31. The molecular formula is C18H27NO3. The van der Waals surface area contributed by atoms with E-state index in [1.165, 1.54) is 18.4 Å². The van der Waals surface area contributed by atoms with Crippen LogP contribution >= 0.6 is 0 Å². The van der Waals surface area contributed by atoms with Gasteiger partial charge in [0.05, 0.1) is 20.3 Å². The molecule has 0 unspecified atom stereocenters. The molecule has 22 heavy (non-hydrogen) atoms. The lowest BCUT2D eigenvalue weighted by Gasteiger charge is -2.25. The van der Waals surface area contributed by atoms with Gasteiger partial charge in [-0.05, 0) is 56.0 Å². The molecule has 0 amide bonds. The van der Waals surface area contributed by atoms with Crippen LogP contribution in [0.4, 0.5) is 0 Å². The molecule has 122 valence electrons. The maximum atomic E-state index is 6.19. The van der Waals surface area contributed by atoms with Gasteiger partial charge in [-0.25, -0.2) is 0 Å². The molecular weight excluding hydrogens is 278 g/mol. The molecule has 0 aliphatic carbocycles.